The molecular weight excluding hydrogens is 342 g/mol. The minimum atomic E-state index is -0.555. The number of unbranched alkanes of at least 4 members (excludes halogenated alkanes) is 1. The molecule has 1 aromatic carbocycles. The van der Waals surface area contributed by atoms with Gasteiger partial charge in [0, 0.05) is 13.0 Å². The lowest BCUT2D eigenvalue weighted by molar-refractivity contribution is -0.129. The molecule has 1 aliphatic heterocycles. The van der Waals surface area contributed by atoms with E-state index in [0.29, 0.717) is 25.3 Å². The van der Waals surface area contributed by atoms with E-state index in [-0.39, 0.29) is 17.3 Å². The second-order valence-electron chi connectivity index (χ2n) is 7.46. The van der Waals surface area contributed by atoms with Crippen molar-refractivity contribution in [3.8, 4) is 5.75 Å². The number of ether oxygens (including phenoxy) is 1. The molecule has 1 amide bonds. The van der Waals surface area contributed by atoms with Crippen molar-refractivity contribution < 1.29 is 19.4 Å². The summed E-state index contributed by atoms with van der Waals surface area (Å²) in [6.45, 7) is 9.10. The van der Waals surface area contributed by atoms with Crippen LogP contribution in [0.4, 0.5) is 0 Å². The first-order valence-electron chi connectivity index (χ1n) is 9.90. The molecule has 5 heteroatoms. The van der Waals surface area contributed by atoms with E-state index in [1.54, 1.807) is 4.90 Å². The van der Waals surface area contributed by atoms with Crippen molar-refractivity contribution >= 4 is 11.7 Å². The first-order chi connectivity index (χ1) is 12.9. The highest BCUT2D eigenvalue weighted by atomic mass is 16.5. The number of aliphatic hydroxyl groups is 1. The predicted octanol–water partition coefficient (Wildman–Crippen LogP) is 4.59. The first kappa shape index (κ1) is 21.0. The Labute approximate surface area is 162 Å². The van der Waals surface area contributed by atoms with E-state index in [0.717, 1.165) is 24.8 Å². The summed E-state index contributed by atoms with van der Waals surface area (Å²) in [5.74, 6) is -0.168. The fraction of sp³-hybridized carbons (Fsp3) is 0.545. The molecule has 1 atom stereocenters. The van der Waals surface area contributed by atoms with Gasteiger partial charge in [-0.25, -0.2) is 0 Å². The Hall–Kier alpha value is -2.30. The maximum Gasteiger partial charge on any atom is 0.290 e. The van der Waals surface area contributed by atoms with Gasteiger partial charge in [0.15, 0.2) is 11.5 Å². The Morgan fingerprint density at radius 2 is 2.00 bits per heavy atom. The van der Waals surface area contributed by atoms with Gasteiger partial charge in [0.05, 0.1) is 18.2 Å². The van der Waals surface area contributed by atoms with Gasteiger partial charge in [0.1, 0.15) is 5.75 Å². The lowest BCUT2D eigenvalue weighted by Gasteiger charge is -2.27. The third-order valence-corrected chi connectivity index (χ3v) is 4.60. The molecule has 0 bridgehead atoms. The summed E-state index contributed by atoms with van der Waals surface area (Å²) in [6, 6.07) is 6.93. The van der Waals surface area contributed by atoms with Crippen LogP contribution in [-0.4, -0.2) is 34.8 Å². The summed E-state index contributed by atoms with van der Waals surface area (Å²) < 4.78 is 5.72. The molecular formula is C22H31NO4. The van der Waals surface area contributed by atoms with Crippen molar-refractivity contribution in [3.63, 3.8) is 0 Å². The molecule has 0 spiro atoms. The summed E-state index contributed by atoms with van der Waals surface area (Å²) >= 11 is 0. The van der Waals surface area contributed by atoms with Crippen LogP contribution in [0.3, 0.4) is 0 Å². The molecule has 27 heavy (non-hydrogen) atoms. The Kier molecular flexibility index (Phi) is 7.45. The molecule has 0 aromatic heterocycles. The lowest BCUT2D eigenvalue weighted by Crippen LogP contribution is -2.32. The van der Waals surface area contributed by atoms with Crippen molar-refractivity contribution in [2.24, 2.45) is 5.92 Å². The Bertz CT molecular complexity index is 708. The number of amides is 1. The minimum absolute atomic E-state index is 0.150. The second-order valence-corrected chi connectivity index (χ2v) is 7.46. The average molecular weight is 373 g/mol. The largest absolute Gasteiger partial charge is 0.503 e. The molecule has 1 N–H and O–H groups in total. The highest BCUT2D eigenvalue weighted by Crippen LogP contribution is 2.39. The molecule has 1 aliphatic rings. The van der Waals surface area contributed by atoms with Gasteiger partial charge in [0.25, 0.3) is 5.91 Å². The summed E-state index contributed by atoms with van der Waals surface area (Å²) in [6.07, 6.45) is 2.93. The van der Waals surface area contributed by atoms with Crippen LogP contribution in [0, 0.1) is 5.92 Å². The van der Waals surface area contributed by atoms with Crippen LogP contribution >= 0.6 is 0 Å². The van der Waals surface area contributed by atoms with Crippen LogP contribution < -0.4 is 4.74 Å². The number of carbonyl (C=O) groups excluding carboxylic acids is 2. The molecule has 0 aliphatic carbocycles. The number of carbonyl (C=O) groups is 2. The first-order valence-corrected chi connectivity index (χ1v) is 9.90. The van der Waals surface area contributed by atoms with Gasteiger partial charge in [-0.3, -0.25) is 9.59 Å². The molecule has 0 saturated heterocycles. The standard InChI is InChI=1S/C22H31NO4/c1-5-7-11-23-20(16-9-8-10-17(14-16)27-12-6-2)19(21(25)22(23)26)18(24)13-15(3)4/h8-10,14-15,20,25H,5-7,11-13H2,1-4H3. The van der Waals surface area contributed by atoms with Crippen LogP contribution in [0.25, 0.3) is 0 Å². The van der Waals surface area contributed by atoms with Gasteiger partial charge in [-0.05, 0) is 36.5 Å². The smallest absolute Gasteiger partial charge is 0.290 e. The number of nitrogens with zero attached hydrogens (tertiary/aromatic N) is 1. The molecule has 5 nitrogen and oxygen atoms in total. The molecule has 148 valence electrons. The number of hydrogen-bond acceptors (Lipinski definition) is 4. The van der Waals surface area contributed by atoms with Gasteiger partial charge in [0.2, 0.25) is 0 Å². The molecule has 1 unspecified atom stereocenters. The van der Waals surface area contributed by atoms with Gasteiger partial charge < -0.3 is 14.7 Å². The van der Waals surface area contributed by atoms with Gasteiger partial charge in [-0.15, -0.1) is 0 Å². The number of rotatable bonds is 10. The highest BCUT2D eigenvalue weighted by Gasteiger charge is 2.43. The molecule has 0 fully saturated rings. The second kappa shape index (κ2) is 9.58. The van der Waals surface area contributed by atoms with E-state index >= 15 is 0 Å². The topological polar surface area (TPSA) is 66.8 Å². The number of ketones is 1. The maximum absolute atomic E-state index is 12.8. The zero-order chi connectivity index (χ0) is 20.0. The van der Waals surface area contributed by atoms with Gasteiger partial charge in [-0.1, -0.05) is 46.2 Å². The number of aliphatic hydroxyl groups excluding tert-OH is 1. The summed E-state index contributed by atoms with van der Waals surface area (Å²) in [5.41, 5.74) is 1.02. The zero-order valence-corrected chi connectivity index (χ0v) is 16.8. The number of Topliss-reactive ketones (excluding diaryl/α,β-unsaturated/α-hetero) is 1. The fourth-order valence-electron chi connectivity index (χ4n) is 3.32. The molecule has 1 aromatic rings. The van der Waals surface area contributed by atoms with E-state index in [9.17, 15) is 14.7 Å². The van der Waals surface area contributed by atoms with E-state index < -0.39 is 17.7 Å². The summed E-state index contributed by atoms with van der Waals surface area (Å²) in [4.78, 5) is 27.1. The minimum Gasteiger partial charge on any atom is -0.503 e. The van der Waals surface area contributed by atoms with Crippen molar-refractivity contribution in [3.05, 3.63) is 41.2 Å². The monoisotopic (exact) mass is 373 g/mol. The maximum atomic E-state index is 12.8. The van der Waals surface area contributed by atoms with Crippen LogP contribution in [-0.2, 0) is 9.59 Å². The van der Waals surface area contributed by atoms with Crippen molar-refractivity contribution in [1.29, 1.82) is 0 Å². The molecule has 1 heterocycles. The molecule has 0 saturated carbocycles. The molecule has 2 rings (SSSR count). The van der Waals surface area contributed by atoms with E-state index in [1.165, 1.54) is 0 Å². The van der Waals surface area contributed by atoms with Crippen molar-refractivity contribution in [2.45, 2.75) is 59.4 Å². The van der Waals surface area contributed by atoms with Crippen LogP contribution in [0.5, 0.6) is 5.75 Å². The zero-order valence-electron chi connectivity index (χ0n) is 16.8. The highest BCUT2D eigenvalue weighted by molar-refractivity contribution is 6.09. The quantitative estimate of drug-likeness (QED) is 0.651. The SMILES string of the molecule is CCCCN1C(=O)C(O)=C(C(=O)CC(C)C)C1c1cccc(OCCC)c1. The average Bonchev–Trinajstić information content (AvgIpc) is 2.89. The van der Waals surface area contributed by atoms with Crippen LogP contribution in [0.2, 0.25) is 0 Å². The summed E-state index contributed by atoms with van der Waals surface area (Å²) in [5, 5.41) is 10.5. The van der Waals surface area contributed by atoms with Crippen LogP contribution in [0.1, 0.15) is 65.0 Å². The fourth-order valence-corrected chi connectivity index (χ4v) is 3.32. The molecule has 0 radical (unpaired) electrons. The summed E-state index contributed by atoms with van der Waals surface area (Å²) in [7, 11) is 0. The van der Waals surface area contributed by atoms with E-state index in [2.05, 4.69) is 0 Å². The van der Waals surface area contributed by atoms with Crippen molar-refractivity contribution in [2.75, 3.05) is 13.2 Å². The van der Waals surface area contributed by atoms with E-state index in [1.807, 2.05) is 52.0 Å². The lowest BCUT2D eigenvalue weighted by atomic mass is 9.92. The normalized spacial score (nSPS) is 17.1. The predicted molar refractivity (Wildman–Crippen MR) is 106 cm³/mol. The van der Waals surface area contributed by atoms with Crippen LogP contribution in [0.15, 0.2) is 35.6 Å². The Morgan fingerprint density at radius 1 is 1.26 bits per heavy atom. The number of hydrogen-bond donors (Lipinski definition) is 1. The Balaban J connectivity index is 2.44. The van der Waals surface area contributed by atoms with E-state index in [4.69, 9.17) is 4.74 Å². The number of benzene rings is 1. The van der Waals surface area contributed by atoms with Crippen molar-refractivity contribution in [1.82, 2.24) is 4.90 Å². The Morgan fingerprint density at radius 3 is 2.63 bits per heavy atom. The van der Waals surface area contributed by atoms with Gasteiger partial charge in [-0.2, -0.15) is 0 Å². The third-order valence-electron chi connectivity index (χ3n) is 4.60. The third kappa shape index (κ3) is 4.90. The van der Waals surface area contributed by atoms with Gasteiger partial charge >= 0.3 is 0 Å².